The summed E-state index contributed by atoms with van der Waals surface area (Å²) in [5, 5.41) is 0.316. The Morgan fingerprint density at radius 1 is 1.65 bits per heavy atom. The lowest BCUT2D eigenvalue weighted by Gasteiger charge is -2.12. The number of rotatable bonds is 4. The first kappa shape index (κ1) is 14.3. The topological polar surface area (TPSA) is 39.2 Å². The van der Waals surface area contributed by atoms with E-state index in [1.807, 2.05) is 0 Å². The van der Waals surface area contributed by atoms with Crippen LogP contribution < -0.4 is 0 Å². The van der Waals surface area contributed by atoms with Gasteiger partial charge in [0.1, 0.15) is 5.69 Å². The first-order chi connectivity index (χ1) is 8.02. The zero-order valence-corrected chi connectivity index (χ0v) is 11.2. The van der Waals surface area contributed by atoms with Crippen molar-refractivity contribution >= 4 is 33.5 Å². The molecule has 0 aliphatic carbocycles. The van der Waals surface area contributed by atoms with Crippen LogP contribution in [0, 0.1) is 0 Å². The van der Waals surface area contributed by atoms with Crippen LogP contribution >= 0.6 is 27.5 Å². The number of ether oxygens (including phenoxy) is 1. The van der Waals surface area contributed by atoms with Crippen molar-refractivity contribution in [1.82, 2.24) is 4.98 Å². The van der Waals surface area contributed by atoms with Gasteiger partial charge in [-0.3, -0.25) is 4.98 Å². The molecule has 0 fully saturated rings. The van der Waals surface area contributed by atoms with Gasteiger partial charge in [-0.1, -0.05) is 27.5 Å². The molecule has 0 bridgehead atoms. The van der Waals surface area contributed by atoms with E-state index in [4.69, 9.17) is 16.3 Å². The molecule has 3 nitrogen and oxygen atoms in total. The highest BCUT2D eigenvalue weighted by Gasteiger charge is 2.25. The Morgan fingerprint density at radius 2 is 2.29 bits per heavy atom. The van der Waals surface area contributed by atoms with Gasteiger partial charge in [-0.25, -0.2) is 13.6 Å². The Balaban J connectivity index is 3.38. The van der Waals surface area contributed by atoms with Gasteiger partial charge in [-0.15, -0.1) is 0 Å². The van der Waals surface area contributed by atoms with Crippen LogP contribution in [-0.4, -0.2) is 17.6 Å². The lowest BCUT2D eigenvalue weighted by molar-refractivity contribution is 0.0512. The Kier molecular flexibility index (Phi) is 5.27. The van der Waals surface area contributed by atoms with Crippen LogP contribution in [0.5, 0.6) is 0 Å². The molecule has 1 rings (SSSR count). The number of hydrogen-bond donors (Lipinski definition) is 0. The second-order valence-electron chi connectivity index (χ2n) is 3.00. The van der Waals surface area contributed by atoms with E-state index in [1.165, 1.54) is 0 Å². The van der Waals surface area contributed by atoms with Gasteiger partial charge in [0.25, 0.3) is 6.43 Å². The average Bonchev–Trinajstić information content (AvgIpc) is 2.28. The number of alkyl halides is 3. The Hall–Kier alpha value is -0.750. The molecule has 0 N–H and O–H groups in total. The van der Waals surface area contributed by atoms with Gasteiger partial charge >= 0.3 is 5.97 Å². The van der Waals surface area contributed by atoms with Gasteiger partial charge in [-0.2, -0.15) is 0 Å². The number of esters is 1. The molecule has 0 radical (unpaired) electrons. The number of carbonyl (C=O) groups excluding carboxylic acids is 1. The summed E-state index contributed by atoms with van der Waals surface area (Å²) in [6.45, 7) is 1.68. The van der Waals surface area contributed by atoms with Gasteiger partial charge in [0, 0.05) is 11.5 Å². The van der Waals surface area contributed by atoms with E-state index in [9.17, 15) is 13.6 Å². The Morgan fingerprint density at radius 3 is 2.76 bits per heavy atom. The number of nitrogens with zero attached hydrogens (tertiary/aromatic N) is 1. The predicted octanol–water partition coefficient (Wildman–Crippen LogP) is 3.74. The van der Waals surface area contributed by atoms with Crippen LogP contribution in [0.15, 0.2) is 6.20 Å². The van der Waals surface area contributed by atoms with E-state index in [0.717, 1.165) is 6.20 Å². The van der Waals surface area contributed by atoms with Crippen molar-refractivity contribution in [3.63, 3.8) is 0 Å². The van der Waals surface area contributed by atoms with Gasteiger partial charge in [0.05, 0.1) is 17.2 Å². The minimum atomic E-state index is -2.86. The highest BCUT2D eigenvalue weighted by molar-refractivity contribution is 9.08. The number of halogens is 4. The zero-order valence-electron chi connectivity index (χ0n) is 8.84. The molecule has 17 heavy (non-hydrogen) atoms. The fourth-order valence-corrected chi connectivity index (χ4v) is 2.22. The van der Waals surface area contributed by atoms with E-state index < -0.39 is 18.1 Å². The second-order valence-corrected chi connectivity index (χ2v) is 3.97. The molecule has 1 heterocycles. The third-order valence-electron chi connectivity index (χ3n) is 1.98. The molecule has 1 aromatic heterocycles. The lowest BCUT2D eigenvalue weighted by Crippen LogP contribution is -2.13. The maximum absolute atomic E-state index is 12.7. The van der Waals surface area contributed by atoms with Crippen molar-refractivity contribution < 1.29 is 18.3 Å². The quantitative estimate of drug-likeness (QED) is 0.624. The van der Waals surface area contributed by atoms with Crippen molar-refractivity contribution in [2.24, 2.45) is 0 Å². The summed E-state index contributed by atoms with van der Waals surface area (Å²) in [4.78, 5) is 15.1. The molecule has 1 aromatic rings. The highest BCUT2D eigenvalue weighted by Crippen LogP contribution is 2.30. The molecular weight excluding hydrogens is 319 g/mol. The number of aromatic nitrogens is 1. The Labute approximate surface area is 110 Å². The second kappa shape index (κ2) is 6.26. The number of hydrogen-bond acceptors (Lipinski definition) is 3. The normalized spacial score (nSPS) is 10.7. The molecule has 7 heteroatoms. The summed E-state index contributed by atoms with van der Waals surface area (Å²) in [5.41, 5.74) is -0.607. The van der Waals surface area contributed by atoms with E-state index in [-0.39, 0.29) is 28.1 Å². The van der Waals surface area contributed by atoms with Crippen LogP contribution in [0.1, 0.15) is 35.0 Å². The molecule has 0 aliphatic heterocycles. The standard InChI is InChI=1S/C10H9BrClF2NO2/c1-2-17-10(16)7-5(3-11)6(12)4-15-8(7)9(13)14/h4,9H,2-3H2,1H3. The fourth-order valence-electron chi connectivity index (χ4n) is 1.27. The maximum Gasteiger partial charge on any atom is 0.340 e. The molecule has 0 spiro atoms. The summed E-state index contributed by atoms with van der Waals surface area (Å²) >= 11 is 8.90. The van der Waals surface area contributed by atoms with Crippen molar-refractivity contribution in [3.05, 3.63) is 28.0 Å². The predicted molar refractivity (Wildman–Crippen MR) is 62.8 cm³/mol. The molecule has 0 amide bonds. The minimum Gasteiger partial charge on any atom is -0.462 e. The summed E-state index contributed by atoms with van der Waals surface area (Å²) in [6.07, 6.45) is -1.76. The van der Waals surface area contributed by atoms with Crippen LogP contribution in [-0.2, 0) is 10.1 Å². The van der Waals surface area contributed by atoms with Crippen LogP contribution in [0.4, 0.5) is 8.78 Å². The van der Waals surface area contributed by atoms with Crippen LogP contribution in [0.2, 0.25) is 5.02 Å². The molecule has 94 valence electrons. The van der Waals surface area contributed by atoms with Crippen LogP contribution in [0.25, 0.3) is 0 Å². The van der Waals surface area contributed by atoms with Gasteiger partial charge in [0.2, 0.25) is 0 Å². The summed E-state index contributed by atoms with van der Waals surface area (Å²) in [5.74, 6) is -0.841. The van der Waals surface area contributed by atoms with Gasteiger partial charge in [-0.05, 0) is 12.5 Å². The maximum atomic E-state index is 12.7. The molecular formula is C10H9BrClF2NO2. The molecule has 0 aliphatic rings. The first-order valence-electron chi connectivity index (χ1n) is 4.71. The van der Waals surface area contributed by atoms with E-state index >= 15 is 0 Å². The largest absolute Gasteiger partial charge is 0.462 e. The third kappa shape index (κ3) is 3.13. The fraction of sp³-hybridized carbons (Fsp3) is 0.400. The molecule has 0 aromatic carbocycles. The molecule has 0 unspecified atom stereocenters. The van der Waals surface area contributed by atoms with Crippen molar-refractivity contribution in [2.45, 2.75) is 18.7 Å². The molecule has 0 atom stereocenters. The first-order valence-corrected chi connectivity index (χ1v) is 6.21. The lowest BCUT2D eigenvalue weighted by atomic mass is 10.1. The number of pyridine rings is 1. The summed E-state index contributed by atoms with van der Waals surface area (Å²) in [7, 11) is 0. The molecule has 0 saturated heterocycles. The SMILES string of the molecule is CCOC(=O)c1c(C(F)F)ncc(Cl)c1CBr. The molecule has 0 saturated carbocycles. The van der Waals surface area contributed by atoms with E-state index in [2.05, 4.69) is 20.9 Å². The smallest absolute Gasteiger partial charge is 0.340 e. The zero-order chi connectivity index (χ0) is 13.0. The van der Waals surface area contributed by atoms with Crippen molar-refractivity contribution in [2.75, 3.05) is 6.61 Å². The summed E-state index contributed by atoms with van der Waals surface area (Å²) in [6, 6.07) is 0. The minimum absolute atomic E-state index is 0.0930. The Bertz CT molecular complexity index is 429. The van der Waals surface area contributed by atoms with Gasteiger partial charge in [0.15, 0.2) is 0 Å². The highest BCUT2D eigenvalue weighted by atomic mass is 79.9. The van der Waals surface area contributed by atoms with E-state index in [0.29, 0.717) is 0 Å². The average molecular weight is 329 g/mol. The summed E-state index contributed by atoms with van der Waals surface area (Å²) < 4.78 is 30.2. The van der Waals surface area contributed by atoms with Gasteiger partial charge < -0.3 is 4.74 Å². The third-order valence-corrected chi connectivity index (χ3v) is 2.87. The van der Waals surface area contributed by atoms with Crippen molar-refractivity contribution in [1.29, 1.82) is 0 Å². The number of carbonyl (C=O) groups is 1. The van der Waals surface area contributed by atoms with Crippen molar-refractivity contribution in [3.8, 4) is 0 Å². The van der Waals surface area contributed by atoms with E-state index in [1.54, 1.807) is 6.92 Å². The van der Waals surface area contributed by atoms with Crippen LogP contribution in [0.3, 0.4) is 0 Å². The monoisotopic (exact) mass is 327 g/mol.